The van der Waals surface area contributed by atoms with E-state index in [1.807, 2.05) is 46.0 Å². The van der Waals surface area contributed by atoms with E-state index in [2.05, 4.69) is 10.3 Å². The molecular formula is C30H39N5O6S. The number of piperidine rings is 1. The maximum absolute atomic E-state index is 13.1. The Labute approximate surface area is 246 Å². The van der Waals surface area contributed by atoms with Crippen molar-refractivity contribution in [2.24, 2.45) is 11.8 Å². The van der Waals surface area contributed by atoms with E-state index in [0.29, 0.717) is 43.6 Å². The Kier molecular flexibility index (Phi) is 9.30. The van der Waals surface area contributed by atoms with Crippen molar-refractivity contribution in [1.29, 1.82) is 0 Å². The molecule has 12 heteroatoms. The molecule has 0 unspecified atom stereocenters. The van der Waals surface area contributed by atoms with E-state index in [1.165, 1.54) is 6.26 Å². The lowest BCUT2D eigenvalue weighted by atomic mass is 9.84. The van der Waals surface area contributed by atoms with Crippen LogP contribution in [0.3, 0.4) is 0 Å². The van der Waals surface area contributed by atoms with Gasteiger partial charge in [0, 0.05) is 55.5 Å². The highest BCUT2D eigenvalue weighted by Gasteiger charge is 2.32. The third kappa shape index (κ3) is 7.58. The normalized spacial score (nSPS) is 20.0. The van der Waals surface area contributed by atoms with E-state index in [9.17, 15) is 18.0 Å². The van der Waals surface area contributed by atoms with Crippen molar-refractivity contribution in [3.8, 4) is 11.6 Å². The molecule has 0 bridgehead atoms. The molecule has 11 nitrogen and oxygen atoms in total. The van der Waals surface area contributed by atoms with Gasteiger partial charge in [-0.25, -0.2) is 13.4 Å². The Balaban J connectivity index is 1.15. The van der Waals surface area contributed by atoms with Crippen LogP contribution in [0.15, 0.2) is 42.7 Å². The average Bonchev–Trinajstić information content (AvgIpc) is 3.40. The Bertz CT molecular complexity index is 1510. The second-order valence-electron chi connectivity index (χ2n) is 11.5. The lowest BCUT2D eigenvalue weighted by Crippen LogP contribution is -2.43. The van der Waals surface area contributed by atoms with Crippen LogP contribution >= 0.6 is 0 Å². The maximum atomic E-state index is 13.1. The minimum atomic E-state index is -3.02. The molecule has 1 saturated heterocycles. The largest absolute Gasteiger partial charge is 0.493 e. The molecule has 1 aliphatic heterocycles. The summed E-state index contributed by atoms with van der Waals surface area (Å²) in [5.74, 6) is 1.67. The molecule has 42 heavy (non-hydrogen) atoms. The smallest absolute Gasteiger partial charge is 0.303 e. The lowest BCUT2D eigenvalue weighted by molar-refractivity contribution is -0.139. The first-order valence-corrected chi connectivity index (χ1v) is 16.7. The first-order valence-electron chi connectivity index (χ1n) is 14.7. The number of nitrogens with one attached hydrogen (secondary N) is 1. The number of hydrogen-bond acceptors (Lipinski definition) is 8. The molecule has 1 amide bonds. The monoisotopic (exact) mass is 597 g/mol. The first kappa shape index (κ1) is 29.8. The molecule has 2 fully saturated rings. The molecule has 0 spiro atoms. The summed E-state index contributed by atoms with van der Waals surface area (Å²) in [5, 5.41) is 13.4. The van der Waals surface area contributed by atoms with Crippen molar-refractivity contribution in [3.63, 3.8) is 0 Å². The molecule has 0 radical (unpaired) electrons. The van der Waals surface area contributed by atoms with Crippen LogP contribution in [0.1, 0.15) is 51.4 Å². The number of rotatable bonds is 11. The minimum Gasteiger partial charge on any atom is -0.493 e. The van der Waals surface area contributed by atoms with E-state index in [-0.39, 0.29) is 36.0 Å². The summed E-state index contributed by atoms with van der Waals surface area (Å²) in [6, 6.07) is 9.76. The van der Waals surface area contributed by atoms with Gasteiger partial charge in [0.15, 0.2) is 0 Å². The highest BCUT2D eigenvalue weighted by Crippen LogP contribution is 2.31. The quantitative estimate of drug-likeness (QED) is 0.314. The van der Waals surface area contributed by atoms with Crippen molar-refractivity contribution in [2.45, 2.75) is 57.4 Å². The fraction of sp³-hybridized carbons (Fsp3) is 0.533. The average molecular weight is 598 g/mol. The van der Waals surface area contributed by atoms with Crippen LogP contribution in [-0.2, 0) is 19.4 Å². The van der Waals surface area contributed by atoms with Gasteiger partial charge in [0.2, 0.25) is 11.9 Å². The zero-order valence-electron chi connectivity index (χ0n) is 23.9. The number of sulfone groups is 1. The van der Waals surface area contributed by atoms with E-state index in [0.717, 1.165) is 49.4 Å². The number of amides is 1. The number of aromatic nitrogens is 3. The maximum Gasteiger partial charge on any atom is 0.303 e. The number of likely N-dealkylation sites (tertiary alicyclic amines) is 1. The van der Waals surface area contributed by atoms with E-state index < -0.39 is 15.8 Å². The van der Waals surface area contributed by atoms with Crippen LogP contribution in [0.5, 0.6) is 5.75 Å². The third-order valence-electron chi connectivity index (χ3n) is 8.30. The summed E-state index contributed by atoms with van der Waals surface area (Å²) < 4.78 is 30.7. The molecule has 226 valence electrons. The first-order chi connectivity index (χ1) is 20.2. The standard InChI is InChI=1S/C30H39N5O6S/c1-42(39,40)19-3-18-41-26-5-2-4-25-24(26)13-17-35(25)27-10-14-31-30(33-27)32-23-8-6-22(7-9-23)29(38)34-15-11-21(12-16-34)20-28(36)37/h2,4-5,10,13-14,17,21-23H,3,6-9,11-12,15-16,18-20H2,1H3,(H,36,37)(H,31,32,33). The van der Waals surface area contributed by atoms with Crippen molar-refractivity contribution in [2.75, 3.05) is 37.0 Å². The molecule has 2 aromatic heterocycles. The molecule has 2 N–H and O–H groups in total. The lowest BCUT2D eigenvalue weighted by Gasteiger charge is -2.36. The summed E-state index contributed by atoms with van der Waals surface area (Å²) in [6.45, 7) is 1.62. The van der Waals surface area contributed by atoms with Gasteiger partial charge in [0.05, 0.1) is 17.9 Å². The number of aliphatic carboxylic acids is 1. The van der Waals surface area contributed by atoms with Gasteiger partial charge in [-0.15, -0.1) is 0 Å². The number of carboxylic acids is 1. The number of carbonyl (C=O) groups is 2. The highest BCUT2D eigenvalue weighted by atomic mass is 32.2. The van der Waals surface area contributed by atoms with Crippen LogP contribution in [0.2, 0.25) is 0 Å². The zero-order valence-corrected chi connectivity index (χ0v) is 24.8. The molecule has 1 aliphatic carbocycles. The summed E-state index contributed by atoms with van der Waals surface area (Å²) in [4.78, 5) is 35.2. The van der Waals surface area contributed by atoms with Crippen LogP contribution < -0.4 is 10.1 Å². The van der Waals surface area contributed by atoms with Crippen molar-refractivity contribution in [3.05, 3.63) is 42.7 Å². The number of carbonyl (C=O) groups excluding carboxylic acids is 1. The summed E-state index contributed by atoms with van der Waals surface area (Å²) >= 11 is 0. The predicted molar refractivity (Wildman–Crippen MR) is 160 cm³/mol. The second kappa shape index (κ2) is 13.1. The van der Waals surface area contributed by atoms with Gasteiger partial charge in [-0.05, 0) is 75.1 Å². The van der Waals surface area contributed by atoms with Gasteiger partial charge in [-0.1, -0.05) is 6.07 Å². The van der Waals surface area contributed by atoms with E-state index in [4.69, 9.17) is 14.8 Å². The van der Waals surface area contributed by atoms with Crippen LogP contribution in [-0.4, -0.2) is 82.6 Å². The second-order valence-corrected chi connectivity index (χ2v) is 13.8. The van der Waals surface area contributed by atoms with Crippen LogP contribution in [0, 0.1) is 11.8 Å². The number of ether oxygens (including phenoxy) is 1. The summed E-state index contributed by atoms with van der Waals surface area (Å²) in [7, 11) is -3.02. The molecular weight excluding hydrogens is 558 g/mol. The third-order valence-corrected chi connectivity index (χ3v) is 9.33. The topological polar surface area (TPSA) is 144 Å². The fourth-order valence-electron chi connectivity index (χ4n) is 6.05. The van der Waals surface area contributed by atoms with Crippen molar-refractivity contribution < 1.29 is 27.9 Å². The van der Waals surface area contributed by atoms with Gasteiger partial charge in [-0.3, -0.25) is 9.59 Å². The Morgan fingerprint density at radius 2 is 1.83 bits per heavy atom. The number of carboxylic acid groups (broad SMARTS) is 1. The van der Waals surface area contributed by atoms with Crippen molar-refractivity contribution >= 4 is 38.6 Å². The molecule has 0 atom stereocenters. The van der Waals surface area contributed by atoms with E-state index in [1.54, 1.807) is 6.20 Å². The molecule has 2 aliphatic rings. The molecule has 5 rings (SSSR count). The minimum absolute atomic E-state index is 0.0142. The molecule has 3 heterocycles. The Hall–Kier alpha value is -3.67. The number of hydrogen-bond donors (Lipinski definition) is 2. The molecule has 1 aromatic carbocycles. The van der Waals surface area contributed by atoms with Gasteiger partial charge in [0.25, 0.3) is 0 Å². The SMILES string of the molecule is CS(=O)(=O)CCCOc1cccc2c1ccn2-c1ccnc(NC2CCC(C(=O)N3CCC(CC(=O)O)CC3)CC2)n1. The van der Waals surface area contributed by atoms with Gasteiger partial charge in [-0.2, -0.15) is 4.98 Å². The Morgan fingerprint density at radius 1 is 1.07 bits per heavy atom. The highest BCUT2D eigenvalue weighted by molar-refractivity contribution is 7.90. The number of anilines is 1. The van der Waals surface area contributed by atoms with Crippen molar-refractivity contribution in [1.82, 2.24) is 19.4 Å². The Morgan fingerprint density at radius 3 is 2.55 bits per heavy atom. The van der Waals surface area contributed by atoms with E-state index >= 15 is 0 Å². The number of fused-ring (bicyclic) bond motifs is 1. The summed E-state index contributed by atoms with van der Waals surface area (Å²) in [5.41, 5.74) is 0.922. The van der Waals surface area contributed by atoms with Gasteiger partial charge < -0.3 is 24.6 Å². The van der Waals surface area contributed by atoms with Crippen LogP contribution in [0.4, 0.5) is 5.95 Å². The molecule has 3 aromatic rings. The number of nitrogens with zero attached hydrogens (tertiary/aromatic N) is 4. The molecule has 1 saturated carbocycles. The zero-order chi connectivity index (χ0) is 29.7. The fourth-order valence-corrected chi connectivity index (χ4v) is 6.69. The van der Waals surface area contributed by atoms with Gasteiger partial charge >= 0.3 is 5.97 Å². The predicted octanol–water partition coefficient (Wildman–Crippen LogP) is 3.92. The van der Waals surface area contributed by atoms with Crippen LogP contribution in [0.25, 0.3) is 16.7 Å². The number of benzene rings is 1. The summed E-state index contributed by atoms with van der Waals surface area (Å²) in [6.07, 6.45) is 10.3. The van der Waals surface area contributed by atoms with Gasteiger partial charge in [0.1, 0.15) is 21.4 Å².